The first kappa shape index (κ1) is 14.7. The number of benzene rings is 1. The summed E-state index contributed by atoms with van der Waals surface area (Å²) in [7, 11) is 0. The van der Waals surface area contributed by atoms with Crippen LogP contribution < -0.4 is 11.1 Å². The van der Waals surface area contributed by atoms with Crippen molar-refractivity contribution in [1.29, 1.82) is 0 Å². The van der Waals surface area contributed by atoms with E-state index in [2.05, 4.69) is 5.32 Å². The van der Waals surface area contributed by atoms with Crippen LogP contribution in [0.25, 0.3) is 0 Å². The predicted octanol–water partition coefficient (Wildman–Crippen LogP) is 2.28. The van der Waals surface area contributed by atoms with Crippen molar-refractivity contribution < 1.29 is 14.3 Å². The van der Waals surface area contributed by atoms with Crippen LogP contribution in [0.4, 0.5) is 11.4 Å². The SMILES string of the molecule is CCOC(=O)c1ccc(NCC2CCCOC2)c(N)c1. The Labute approximate surface area is 119 Å². The van der Waals surface area contributed by atoms with Gasteiger partial charge in [-0.05, 0) is 43.9 Å². The Morgan fingerprint density at radius 2 is 2.40 bits per heavy atom. The molecule has 0 spiro atoms. The summed E-state index contributed by atoms with van der Waals surface area (Å²) in [5, 5.41) is 3.32. The van der Waals surface area contributed by atoms with Crippen LogP contribution in [0.1, 0.15) is 30.1 Å². The van der Waals surface area contributed by atoms with E-state index < -0.39 is 0 Å². The average Bonchev–Trinajstić information content (AvgIpc) is 2.47. The zero-order chi connectivity index (χ0) is 14.4. The molecule has 1 aliphatic rings. The molecule has 0 aliphatic carbocycles. The Morgan fingerprint density at radius 3 is 3.05 bits per heavy atom. The fourth-order valence-corrected chi connectivity index (χ4v) is 2.29. The number of hydrogen-bond donors (Lipinski definition) is 2. The minimum atomic E-state index is -0.341. The van der Waals surface area contributed by atoms with E-state index in [0.717, 1.165) is 31.9 Å². The van der Waals surface area contributed by atoms with Crippen molar-refractivity contribution in [2.45, 2.75) is 19.8 Å². The number of hydrogen-bond acceptors (Lipinski definition) is 5. The number of carbonyl (C=O) groups excluding carboxylic acids is 1. The second-order valence-electron chi connectivity index (χ2n) is 4.99. The molecule has 1 aliphatic heterocycles. The summed E-state index contributed by atoms with van der Waals surface area (Å²) in [6.45, 7) is 4.65. The van der Waals surface area contributed by atoms with E-state index in [1.165, 1.54) is 6.42 Å². The summed E-state index contributed by atoms with van der Waals surface area (Å²) in [5.41, 5.74) is 7.86. The molecule has 20 heavy (non-hydrogen) atoms. The van der Waals surface area contributed by atoms with Crippen LogP contribution in [0.3, 0.4) is 0 Å². The maximum absolute atomic E-state index is 11.6. The molecular weight excluding hydrogens is 256 g/mol. The van der Waals surface area contributed by atoms with E-state index in [9.17, 15) is 4.79 Å². The van der Waals surface area contributed by atoms with Gasteiger partial charge in [-0.15, -0.1) is 0 Å². The van der Waals surface area contributed by atoms with Crippen molar-refractivity contribution in [3.63, 3.8) is 0 Å². The normalized spacial score (nSPS) is 18.6. The average molecular weight is 278 g/mol. The zero-order valence-electron chi connectivity index (χ0n) is 11.9. The maximum Gasteiger partial charge on any atom is 0.338 e. The van der Waals surface area contributed by atoms with Crippen LogP contribution in [-0.2, 0) is 9.47 Å². The number of ether oxygens (including phenoxy) is 2. The second-order valence-corrected chi connectivity index (χ2v) is 4.99. The Morgan fingerprint density at radius 1 is 1.55 bits per heavy atom. The summed E-state index contributed by atoms with van der Waals surface area (Å²) in [6, 6.07) is 5.21. The molecule has 0 amide bonds. The Kier molecular flexibility index (Phi) is 5.24. The highest BCUT2D eigenvalue weighted by Crippen LogP contribution is 2.22. The van der Waals surface area contributed by atoms with Crippen molar-refractivity contribution in [3.05, 3.63) is 23.8 Å². The lowest BCUT2D eigenvalue weighted by molar-refractivity contribution is 0.0526. The molecule has 1 saturated heterocycles. The summed E-state index contributed by atoms with van der Waals surface area (Å²) in [5.74, 6) is 0.180. The lowest BCUT2D eigenvalue weighted by atomic mass is 10.0. The van der Waals surface area contributed by atoms with Crippen molar-refractivity contribution >= 4 is 17.3 Å². The predicted molar refractivity (Wildman–Crippen MR) is 78.8 cm³/mol. The van der Waals surface area contributed by atoms with Gasteiger partial charge in [-0.3, -0.25) is 0 Å². The molecule has 0 aromatic heterocycles. The van der Waals surface area contributed by atoms with Crippen LogP contribution >= 0.6 is 0 Å². The molecule has 0 bridgehead atoms. The number of nitrogens with two attached hydrogens (primary N) is 1. The third kappa shape index (κ3) is 3.87. The van der Waals surface area contributed by atoms with Crippen LogP contribution in [0.15, 0.2) is 18.2 Å². The van der Waals surface area contributed by atoms with Gasteiger partial charge in [0.2, 0.25) is 0 Å². The zero-order valence-corrected chi connectivity index (χ0v) is 11.9. The Bertz CT molecular complexity index is 456. The van der Waals surface area contributed by atoms with Gasteiger partial charge in [0, 0.05) is 13.2 Å². The van der Waals surface area contributed by atoms with E-state index in [0.29, 0.717) is 23.8 Å². The molecule has 5 nitrogen and oxygen atoms in total. The molecule has 0 radical (unpaired) electrons. The number of nitrogen functional groups attached to an aromatic ring is 1. The molecular formula is C15H22N2O3. The molecule has 0 saturated carbocycles. The lowest BCUT2D eigenvalue weighted by Crippen LogP contribution is -2.24. The van der Waals surface area contributed by atoms with E-state index in [-0.39, 0.29) is 5.97 Å². The van der Waals surface area contributed by atoms with Gasteiger partial charge in [-0.25, -0.2) is 4.79 Å². The fourth-order valence-electron chi connectivity index (χ4n) is 2.29. The van der Waals surface area contributed by atoms with Gasteiger partial charge in [0.25, 0.3) is 0 Å². The number of esters is 1. The summed E-state index contributed by atoms with van der Waals surface area (Å²) < 4.78 is 10.4. The summed E-state index contributed by atoms with van der Waals surface area (Å²) >= 11 is 0. The van der Waals surface area contributed by atoms with Crippen LogP contribution in [-0.4, -0.2) is 32.3 Å². The van der Waals surface area contributed by atoms with Crippen molar-refractivity contribution in [3.8, 4) is 0 Å². The molecule has 1 aromatic rings. The fraction of sp³-hybridized carbons (Fsp3) is 0.533. The first-order valence-corrected chi connectivity index (χ1v) is 7.09. The minimum Gasteiger partial charge on any atom is -0.462 e. The highest BCUT2D eigenvalue weighted by atomic mass is 16.5. The number of anilines is 2. The number of rotatable bonds is 5. The van der Waals surface area contributed by atoms with E-state index in [1.54, 1.807) is 19.1 Å². The molecule has 1 aromatic carbocycles. The van der Waals surface area contributed by atoms with Crippen LogP contribution in [0, 0.1) is 5.92 Å². The first-order chi connectivity index (χ1) is 9.70. The maximum atomic E-state index is 11.6. The topological polar surface area (TPSA) is 73.6 Å². The Hall–Kier alpha value is -1.75. The lowest BCUT2D eigenvalue weighted by Gasteiger charge is -2.23. The van der Waals surface area contributed by atoms with E-state index in [4.69, 9.17) is 15.2 Å². The van der Waals surface area contributed by atoms with Gasteiger partial charge >= 0.3 is 5.97 Å². The molecule has 3 N–H and O–H groups in total. The second kappa shape index (κ2) is 7.14. The van der Waals surface area contributed by atoms with E-state index >= 15 is 0 Å². The standard InChI is InChI=1S/C15H22N2O3/c1-2-20-15(18)12-5-6-14(13(16)8-12)17-9-11-4-3-7-19-10-11/h5-6,8,11,17H,2-4,7,9-10,16H2,1H3. The number of carbonyl (C=O) groups is 1. The van der Waals surface area contributed by atoms with Crippen molar-refractivity contribution in [2.24, 2.45) is 5.92 Å². The monoisotopic (exact) mass is 278 g/mol. The van der Waals surface area contributed by atoms with Gasteiger partial charge in [0.1, 0.15) is 0 Å². The number of nitrogens with one attached hydrogen (secondary N) is 1. The highest BCUT2D eigenvalue weighted by Gasteiger charge is 2.14. The van der Waals surface area contributed by atoms with Gasteiger partial charge in [-0.1, -0.05) is 0 Å². The van der Waals surface area contributed by atoms with Gasteiger partial charge in [-0.2, -0.15) is 0 Å². The van der Waals surface area contributed by atoms with Crippen molar-refractivity contribution in [2.75, 3.05) is 37.4 Å². The van der Waals surface area contributed by atoms with Gasteiger partial charge < -0.3 is 20.5 Å². The minimum absolute atomic E-state index is 0.341. The Balaban J connectivity index is 1.93. The highest BCUT2D eigenvalue weighted by molar-refractivity contribution is 5.91. The van der Waals surface area contributed by atoms with Gasteiger partial charge in [0.15, 0.2) is 0 Å². The molecule has 110 valence electrons. The first-order valence-electron chi connectivity index (χ1n) is 7.09. The summed E-state index contributed by atoms with van der Waals surface area (Å²) in [6.07, 6.45) is 2.29. The van der Waals surface area contributed by atoms with Crippen molar-refractivity contribution in [1.82, 2.24) is 0 Å². The van der Waals surface area contributed by atoms with Crippen LogP contribution in [0.5, 0.6) is 0 Å². The molecule has 1 unspecified atom stereocenters. The molecule has 1 heterocycles. The van der Waals surface area contributed by atoms with Crippen LogP contribution in [0.2, 0.25) is 0 Å². The molecule has 1 atom stereocenters. The van der Waals surface area contributed by atoms with Gasteiger partial charge in [0.05, 0.1) is 30.2 Å². The largest absolute Gasteiger partial charge is 0.462 e. The molecule has 2 rings (SSSR count). The molecule has 5 heteroatoms. The third-order valence-electron chi connectivity index (χ3n) is 3.40. The summed E-state index contributed by atoms with van der Waals surface area (Å²) in [4.78, 5) is 11.6. The van der Waals surface area contributed by atoms with E-state index in [1.807, 2.05) is 6.07 Å². The smallest absolute Gasteiger partial charge is 0.338 e. The third-order valence-corrected chi connectivity index (χ3v) is 3.40. The quantitative estimate of drug-likeness (QED) is 0.638. The molecule has 1 fully saturated rings.